The van der Waals surface area contributed by atoms with Crippen molar-refractivity contribution in [2.24, 2.45) is 0 Å². The van der Waals surface area contributed by atoms with Crippen LogP contribution >= 0.6 is 0 Å². The maximum absolute atomic E-state index is 12.5. The normalized spacial score (nSPS) is 20.4. The fourth-order valence-electron chi connectivity index (χ4n) is 2.91. The van der Waals surface area contributed by atoms with Crippen molar-refractivity contribution >= 4 is 23.1 Å². The minimum absolute atomic E-state index is 0.0298. The molecule has 0 amide bonds. The van der Waals surface area contributed by atoms with E-state index in [1.165, 1.54) is 0 Å². The van der Waals surface area contributed by atoms with Crippen molar-refractivity contribution in [2.75, 3.05) is 0 Å². The lowest BCUT2D eigenvalue weighted by atomic mass is 9.78. The molecule has 2 rings (SSSR count). The number of ketones is 4. The van der Waals surface area contributed by atoms with E-state index in [2.05, 4.69) is 0 Å². The van der Waals surface area contributed by atoms with E-state index in [0.29, 0.717) is 44.6 Å². The first-order chi connectivity index (χ1) is 10.6. The Morgan fingerprint density at radius 2 is 0.696 bits per heavy atom. The maximum atomic E-state index is 12.5. The van der Waals surface area contributed by atoms with Crippen LogP contribution in [0.2, 0.25) is 0 Å². The van der Waals surface area contributed by atoms with Crippen LogP contribution in [-0.4, -0.2) is 23.1 Å². The van der Waals surface area contributed by atoms with E-state index >= 15 is 0 Å². The Kier molecular flexibility index (Phi) is 4.20. The maximum Gasteiger partial charge on any atom is 0.185 e. The number of allylic oxidation sites excluding steroid dienone is 8. The zero-order chi connectivity index (χ0) is 17.6. The summed E-state index contributed by atoms with van der Waals surface area (Å²) >= 11 is 0. The molecule has 4 heteroatoms. The zero-order valence-corrected chi connectivity index (χ0v) is 14.3. The van der Waals surface area contributed by atoms with Gasteiger partial charge in [-0.1, -0.05) is 0 Å². The summed E-state index contributed by atoms with van der Waals surface area (Å²) in [6, 6.07) is 0. The molecule has 4 nitrogen and oxygen atoms in total. The monoisotopic (exact) mass is 312 g/mol. The van der Waals surface area contributed by atoms with Crippen LogP contribution in [0.5, 0.6) is 0 Å². The van der Waals surface area contributed by atoms with Gasteiger partial charge in [0, 0.05) is 51.0 Å². The van der Waals surface area contributed by atoms with Gasteiger partial charge in [-0.25, -0.2) is 0 Å². The largest absolute Gasteiger partial charge is 0.289 e. The molecule has 0 atom stereocenters. The fraction of sp³-hybridized carbons (Fsp3) is 0.368. The van der Waals surface area contributed by atoms with Gasteiger partial charge in [0.15, 0.2) is 23.1 Å². The van der Waals surface area contributed by atoms with Crippen molar-refractivity contribution in [1.29, 1.82) is 0 Å². The standard InChI is InChI=1S/C19H20O4/c1-8-10(3)18(22)14(12(5)16(8)20)7-15-13(6)17(21)9(2)11(4)19(15)23/h7H2,1-6H3. The topological polar surface area (TPSA) is 68.3 Å². The molecule has 0 aliphatic heterocycles. The number of carbonyl (C=O) groups excluding carboxylic acids is 4. The fourth-order valence-corrected chi connectivity index (χ4v) is 2.91. The second-order valence-corrected chi connectivity index (χ2v) is 6.20. The third kappa shape index (κ3) is 2.48. The predicted octanol–water partition coefficient (Wildman–Crippen LogP) is 2.99. The second-order valence-electron chi connectivity index (χ2n) is 6.20. The molecular weight excluding hydrogens is 292 g/mol. The van der Waals surface area contributed by atoms with Crippen LogP contribution in [0.15, 0.2) is 44.6 Å². The molecule has 0 aromatic rings. The van der Waals surface area contributed by atoms with Gasteiger partial charge >= 0.3 is 0 Å². The Morgan fingerprint density at radius 1 is 0.435 bits per heavy atom. The summed E-state index contributed by atoms with van der Waals surface area (Å²) in [5.74, 6) is -0.782. The van der Waals surface area contributed by atoms with E-state index in [4.69, 9.17) is 0 Å². The molecule has 0 saturated heterocycles. The predicted molar refractivity (Wildman–Crippen MR) is 86.8 cm³/mol. The highest BCUT2D eigenvalue weighted by molar-refractivity contribution is 6.27. The molecule has 0 fully saturated rings. The number of hydrogen-bond acceptors (Lipinski definition) is 4. The number of Topliss-reactive ketones (excluding diaryl/α,β-unsaturated/α-hetero) is 4. The molecule has 0 radical (unpaired) electrons. The van der Waals surface area contributed by atoms with Gasteiger partial charge in [-0.05, 0) is 41.5 Å². The van der Waals surface area contributed by atoms with Gasteiger partial charge in [0.25, 0.3) is 0 Å². The molecule has 0 aromatic carbocycles. The van der Waals surface area contributed by atoms with Crippen molar-refractivity contribution in [1.82, 2.24) is 0 Å². The van der Waals surface area contributed by atoms with Crippen molar-refractivity contribution in [2.45, 2.75) is 48.0 Å². The summed E-state index contributed by atoms with van der Waals surface area (Å²) < 4.78 is 0. The van der Waals surface area contributed by atoms with Crippen molar-refractivity contribution < 1.29 is 19.2 Å². The van der Waals surface area contributed by atoms with E-state index in [-0.39, 0.29) is 29.6 Å². The van der Waals surface area contributed by atoms with Crippen LogP contribution in [0.1, 0.15) is 48.0 Å². The molecule has 23 heavy (non-hydrogen) atoms. The molecule has 2 aliphatic rings. The van der Waals surface area contributed by atoms with Crippen molar-refractivity contribution in [3.63, 3.8) is 0 Å². The van der Waals surface area contributed by atoms with Gasteiger partial charge in [0.1, 0.15) is 0 Å². The molecule has 0 saturated carbocycles. The van der Waals surface area contributed by atoms with Crippen LogP contribution in [-0.2, 0) is 19.2 Å². The van der Waals surface area contributed by atoms with Gasteiger partial charge in [-0.15, -0.1) is 0 Å². The average Bonchev–Trinajstić information content (AvgIpc) is 2.54. The van der Waals surface area contributed by atoms with E-state index < -0.39 is 0 Å². The lowest BCUT2D eigenvalue weighted by Crippen LogP contribution is -2.25. The van der Waals surface area contributed by atoms with E-state index in [0.717, 1.165) is 0 Å². The highest BCUT2D eigenvalue weighted by atomic mass is 16.1. The average molecular weight is 312 g/mol. The molecule has 2 aliphatic carbocycles. The van der Waals surface area contributed by atoms with Crippen LogP contribution in [0, 0.1) is 0 Å². The summed E-state index contributed by atoms with van der Waals surface area (Å²) in [6.45, 7) is 9.70. The van der Waals surface area contributed by atoms with Gasteiger partial charge in [0.2, 0.25) is 0 Å². The first-order valence-electron chi connectivity index (χ1n) is 7.52. The first-order valence-corrected chi connectivity index (χ1v) is 7.52. The van der Waals surface area contributed by atoms with Crippen molar-refractivity contribution in [3.05, 3.63) is 44.6 Å². The molecule has 0 bridgehead atoms. The van der Waals surface area contributed by atoms with E-state index in [9.17, 15) is 19.2 Å². The highest BCUT2D eigenvalue weighted by Crippen LogP contribution is 2.33. The summed E-state index contributed by atoms with van der Waals surface area (Å²) in [5.41, 5.74) is 3.07. The minimum Gasteiger partial charge on any atom is -0.289 e. The molecule has 0 aromatic heterocycles. The first kappa shape index (κ1) is 17.0. The molecule has 0 N–H and O–H groups in total. The number of carbonyl (C=O) groups is 4. The Labute approximate surface area is 135 Å². The third-order valence-electron chi connectivity index (χ3n) is 4.98. The molecular formula is C19H20O4. The van der Waals surface area contributed by atoms with Crippen LogP contribution in [0.4, 0.5) is 0 Å². The lowest BCUT2D eigenvalue weighted by molar-refractivity contribution is -0.117. The van der Waals surface area contributed by atoms with Gasteiger partial charge in [-0.2, -0.15) is 0 Å². The summed E-state index contributed by atoms with van der Waals surface area (Å²) in [6.07, 6.45) is 0.0298. The Hall–Kier alpha value is -2.36. The van der Waals surface area contributed by atoms with Crippen molar-refractivity contribution in [3.8, 4) is 0 Å². The third-order valence-corrected chi connectivity index (χ3v) is 4.98. The summed E-state index contributed by atoms with van der Waals surface area (Å²) in [5, 5.41) is 0. The molecule has 0 heterocycles. The number of rotatable bonds is 2. The Balaban J connectivity index is 2.51. The highest BCUT2D eigenvalue weighted by Gasteiger charge is 2.33. The summed E-state index contributed by atoms with van der Waals surface area (Å²) in [7, 11) is 0. The lowest BCUT2D eigenvalue weighted by Gasteiger charge is -2.22. The van der Waals surface area contributed by atoms with Crippen LogP contribution in [0.3, 0.4) is 0 Å². The van der Waals surface area contributed by atoms with Crippen LogP contribution < -0.4 is 0 Å². The smallest absolute Gasteiger partial charge is 0.185 e. The van der Waals surface area contributed by atoms with Crippen LogP contribution in [0.25, 0.3) is 0 Å². The Bertz CT molecular complexity index is 742. The van der Waals surface area contributed by atoms with Gasteiger partial charge in [-0.3, -0.25) is 19.2 Å². The zero-order valence-electron chi connectivity index (χ0n) is 14.3. The Morgan fingerprint density at radius 3 is 1.00 bits per heavy atom. The second kappa shape index (κ2) is 5.69. The van der Waals surface area contributed by atoms with E-state index in [1.807, 2.05) is 0 Å². The van der Waals surface area contributed by atoms with E-state index in [1.54, 1.807) is 41.5 Å². The van der Waals surface area contributed by atoms with Gasteiger partial charge < -0.3 is 0 Å². The molecule has 0 unspecified atom stereocenters. The minimum atomic E-state index is -0.218. The molecule has 120 valence electrons. The molecule has 0 spiro atoms. The van der Waals surface area contributed by atoms with Gasteiger partial charge in [0.05, 0.1) is 0 Å². The summed E-state index contributed by atoms with van der Waals surface area (Å²) in [4.78, 5) is 49.5. The SMILES string of the molecule is CC1=C(C)C(=O)C(CC2=C(C)C(=O)C(C)=C(C)C2=O)=C(C)C1=O. The number of hydrogen-bond donors (Lipinski definition) is 0. The quantitative estimate of drug-likeness (QED) is 0.735.